The molecule has 0 saturated heterocycles. The maximum atomic E-state index is 12.4. The first-order valence-corrected chi connectivity index (χ1v) is 7.36. The molecule has 0 unspecified atom stereocenters. The minimum atomic E-state index is -1.02. The van der Waals surface area contributed by atoms with Crippen molar-refractivity contribution in [1.82, 2.24) is 4.90 Å². The molecular formula is C16H22N2O3. The molecule has 5 nitrogen and oxygen atoms in total. The molecule has 2 N–H and O–H groups in total. The summed E-state index contributed by atoms with van der Waals surface area (Å²) in [5.41, 5.74) is 2.19. The summed E-state index contributed by atoms with van der Waals surface area (Å²) in [6.45, 7) is 6.39. The highest BCUT2D eigenvalue weighted by Gasteiger charge is 2.32. The van der Waals surface area contributed by atoms with Crippen molar-refractivity contribution >= 4 is 17.7 Å². The lowest BCUT2D eigenvalue weighted by Gasteiger charge is -2.23. The van der Waals surface area contributed by atoms with Gasteiger partial charge in [-0.2, -0.15) is 0 Å². The molecule has 0 aromatic heterocycles. The maximum Gasteiger partial charge on any atom is 0.337 e. The number of anilines is 1. The Hall–Kier alpha value is -2.04. The number of nitrogens with zero attached hydrogens (tertiary/aromatic N) is 1. The standard InChI is InChI=1S/C16H22N2O3/c1-4-7-18(12-5-6-12)16(21)17-14-11(3)8-10(2)9-13(14)15(19)20/h8-9,12H,4-7H2,1-3H3,(H,17,21)(H,19,20). The second-order valence-electron chi connectivity index (χ2n) is 5.66. The number of urea groups is 1. The molecule has 1 aliphatic carbocycles. The van der Waals surface area contributed by atoms with Crippen LogP contribution in [-0.4, -0.2) is 34.6 Å². The summed E-state index contributed by atoms with van der Waals surface area (Å²) < 4.78 is 0. The van der Waals surface area contributed by atoms with Gasteiger partial charge >= 0.3 is 12.0 Å². The van der Waals surface area contributed by atoms with Crippen LogP contribution in [0.3, 0.4) is 0 Å². The zero-order valence-corrected chi connectivity index (χ0v) is 12.8. The molecule has 0 heterocycles. The molecule has 2 amide bonds. The van der Waals surface area contributed by atoms with Crippen molar-refractivity contribution in [3.63, 3.8) is 0 Å². The van der Waals surface area contributed by atoms with Crippen LogP contribution in [0.25, 0.3) is 0 Å². The van der Waals surface area contributed by atoms with Crippen LogP contribution in [0, 0.1) is 13.8 Å². The van der Waals surface area contributed by atoms with Crippen molar-refractivity contribution in [3.05, 3.63) is 28.8 Å². The molecule has 0 spiro atoms. The summed E-state index contributed by atoms with van der Waals surface area (Å²) in [6, 6.07) is 3.58. The van der Waals surface area contributed by atoms with E-state index < -0.39 is 5.97 Å². The third-order valence-corrected chi connectivity index (χ3v) is 3.66. The first-order chi connectivity index (χ1) is 9.93. The second-order valence-corrected chi connectivity index (χ2v) is 5.66. The molecule has 0 atom stereocenters. The molecule has 0 aliphatic heterocycles. The van der Waals surface area contributed by atoms with Crippen LogP contribution in [0.4, 0.5) is 10.5 Å². The predicted octanol–water partition coefficient (Wildman–Crippen LogP) is 3.41. The van der Waals surface area contributed by atoms with Gasteiger partial charge < -0.3 is 15.3 Å². The van der Waals surface area contributed by atoms with Crippen LogP contribution in [0.5, 0.6) is 0 Å². The number of carbonyl (C=O) groups excluding carboxylic acids is 1. The van der Waals surface area contributed by atoms with Gasteiger partial charge in [-0.1, -0.05) is 13.0 Å². The Bertz CT molecular complexity index is 565. The molecule has 0 bridgehead atoms. The van der Waals surface area contributed by atoms with Crippen molar-refractivity contribution in [1.29, 1.82) is 0 Å². The molecule has 1 aromatic rings. The molecule has 2 rings (SSSR count). The van der Waals surface area contributed by atoms with E-state index in [1.807, 2.05) is 31.7 Å². The number of carbonyl (C=O) groups is 2. The number of carboxylic acid groups (broad SMARTS) is 1. The Morgan fingerprint density at radius 3 is 2.52 bits per heavy atom. The van der Waals surface area contributed by atoms with Crippen LogP contribution < -0.4 is 5.32 Å². The number of benzene rings is 1. The topological polar surface area (TPSA) is 69.6 Å². The highest BCUT2D eigenvalue weighted by molar-refractivity contribution is 6.01. The normalized spacial score (nSPS) is 13.9. The summed E-state index contributed by atoms with van der Waals surface area (Å²) in [6.07, 6.45) is 2.96. The lowest BCUT2D eigenvalue weighted by atomic mass is 10.0. The first kappa shape index (κ1) is 15.4. The Morgan fingerprint density at radius 1 is 1.33 bits per heavy atom. The quantitative estimate of drug-likeness (QED) is 0.873. The molecule has 0 radical (unpaired) electrons. The van der Waals surface area contributed by atoms with E-state index in [1.165, 1.54) is 0 Å². The van der Waals surface area contributed by atoms with E-state index in [-0.39, 0.29) is 11.6 Å². The van der Waals surface area contributed by atoms with E-state index >= 15 is 0 Å². The summed E-state index contributed by atoms with van der Waals surface area (Å²) >= 11 is 0. The van der Waals surface area contributed by atoms with Gasteiger partial charge in [-0.25, -0.2) is 9.59 Å². The van der Waals surface area contributed by atoms with Crippen molar-refractivity contribution in [2.24, 2.45) is 0 Å². The van der Waals surface area contributed by atoms with Crippen LogP contribution in [0.1, 0.15) is 47.7 Å². The van der Waals surface area contributed by atoms with Crippen LogP contribution in [0.2, 0.25) is 0 Å². The minimum absolute atomic E-state index is 0.146. The Balaban J connectivity index is 2.25. The third-order valence-electron chi connectivity index (χ3n) is 3.66. The van der Waals surface area contributed by atoms with E-state index in [0.29, 0.717) is 18.3 Å². The molecule has 1 fully saturated rings. The van der Waals surface area contributed by atoms with E-state index in [0.717, 1.165) is 30.4 Å². The largest absolute Gasteiger partial charge is 0.478 e. The summed E-state index contributed by atoms with van der Waals surface area (Å²) in [4.78, 5) is 25.6. The lowest BCUT2D eigenvalue weighted by Crippen LogP contribution is -2.37. The number of aromatic carboxylic acids is 1. The van der Waals surface area contributed by atoms with Crippen molar-refractivity contribution in [3.8, 4) is 0 Å². The number of amides is 2. The van der Waals surface area contributed by atoms with Gasteiger partial charge in [-0.15, -0.1) is 0 Å². The first-order valence-electron chi connectivity index (χ1n) is 7.36. The fourth-order valence-electron chi connectivity index (χ4n) is 2.56. The average Bonchev–Trinajstić information content (AvgIpc) is 3.22. The van der Waals surface area contributed by atoms with Crippen LogP contribution >= 0.6 is 0 Å². The fourth-order valence-corrected chi connectivity index (χ4v) is 2.56. The number of hydrogen-bond acceptors (Lipinski definition) is 2. The van der Waals surface area contributed by atoms with Crippen molar-refractivity contribution < 1.29 is 14.7 Å². The van der Waals surface area contributed by atoms with E-state index in [1.54, 1.807) is 6.07 Å². The van der Waals surface area contributed by atoms with E-state index in [4.69, 9.17) is 0 Å². The number of aryl methyl sites for hydroxylation is 2. The monoisotopic (exact) mass is 290 g/mol. The fraction of sp³-hybridized carbons (Fsp3) is 0.500. The van der Waals surface area contributed by atoms with E-state index in [2.05, 4.69) is 5.32 Å². The zero-order valence-electron chi connectivity index (χ0n) is 12.8. The van der Waals surface area contributed by atoms with Crippen molar-refractivity contribution in [2.45, 2.75) is 46.1 Å². The van der Waals surface area contributed by atoms with Gasteiger partial charge in [0.05, 0.1) is 11.3 Å². The smallest absolute Gasteiger partial charge is 0.337 e. The van der Waals surface area contributed by atoms with Gasteiger partial charge in [0.25, 0.3) is 0 Å². The Kier molecular flexibility index (Phi) is 4.50. The summed E-state index contributed by atoms with van der Waals surface area (Å²) in [5, 5.41) is 12.1. The number of carboxylic acids is 1. The SMILES string of the molecule is CCCN(C(=O)Nc1c(C)cc(C)cc1C(=O)O)C1CC1. The summed E-state index contributed by atoms with van der Waals surface area (Å²) in [7, 11) is 0. The number of hydrogen-bond donors (Lipinski definition) is 2. The van der Waals surface area contributed by atoms with Gasteiger partial charge in [0, 0.05) is 12.6 Å². The number of rotatable bonds is 5. The van der Waals surface area contributed by atoms with Gasteiger partial charge in [0.2, 0.25) is 0 Å². The molecule has 1 saturated carbocycles. The Morgan fingerprint density at radius 2 is 2.00 bits per heavy atom. The molecule has 1 aromatic carbocycles. The van der Waals surface area contributed by atoms with Crippen LogP contribution in [-0.2, 0) is 0 Å². The molecule has 21 heavy (non-hydrogen) atoms. The summed E-state index contributed by atoms with van der Waals surface area (Å²) in [5.74, 6) is -1.02. The molecule has 5 heteroatoms. The predicted molar refractivity (Wildman–Crippen MR) is 81.9 cm³/mol. The van der Waals surface area contributed by atoms with Crippen molar-refractivity contribution in [2.75, 3.05) is 11.9 Å². The minimum Gasteiger partial charge on any atom is -0.478 e. The lowest BCUT2D eigenvalue weighted by molar-refractivity contribution is 0.0698. The van der Waals surface area contributed by atoms with Gasteiger partial charge in [0.1, 0.15) is 0 Å². The van der Waals surface area contributed by atoms with E-state index in [9.17, 15) is 14.7 Å². The van der Waals surface area contributed by atoms with Gasteiger partial charge in [-0.05, 0) is 50.3 Å². The van der Waals surface area contributed by atoms with Gasteiger partial charge in [-0.3, -0.25) is 0 Å². The number of nitrogens with one attached hydrogen (secondary N) is 1. The van der Waals surface area contributed by atoms with Gasteiger partial charge in [0.15, 0.2) is 0 Å². The molecular weight excluding hydrogens is 268 g/mol. The third kappa shape index (κ3) is 3.54. The second kappa shape index (κ2) is 6.16. The molecule has 114 valence electrons. The highest BCUT2D eigenvalue weighted by Crippen LogP contribution is 2.29. The maximum absolute atomic E-state index is 12.4. The molecule has 1 aliphatic rings. The highest BCUT2D eigenvalue weighted by atomic mass is 16.4. The zero-order chi connectivity index (χ0) is 15.6. The average molecular weight is 290 g/mol. The Labute approximate surface area is 125 Å². The van der Waals surface area contributed by atoms with Crippen LogP contribution in [0.15, 0.2) is 12.1 Å².